The van der Waals surface area contributed by atoms with Crippen molar-refractivity contribution in [2.45, 2.75) is 0 Å². The van der Waals surface area contributed by atoms with Crippen LogP contribution in [-0.4, -0.2) is 4.98 Å². The Kier molecular flexibility index (Phi) is 1.64. The van der Waals surface area contributed by atoms with Gasteiger partial charge in [-0.2, -0.15) is 5.26 Å². The number of fused-ring (bicyclic) bond motifs is 1. The first kappa shape index (κ1) is 7.96. The van der Waals surface area contributed by atoms with E-state index in [9.17, 15) is 0 Å². The molecule has 0 amide bonds. The molecule has 1 heterocycles. The van der Waals surface area contributed by atoms with Crippen molar-refractivity contribution in [3.05, 3.63) is 28.9 Å². The zero-order chi connectivity index (χ0) is 9.42. The number of benzene rings is 1. The average molecular weight is 192 g/mol. The van der Waals surface area contributed by atoms with Crippen molar-refractivity contribution in [3.8, 4) is 6.07 Å². The van der Waals surface area contributed by atoms with E-state index in [4.69, 9.17) is 22.6 Å². The SMILES string of the molecule is N#Cc1[nH]c2c(Cl)cccc2c1N. The number of nitriles is 1. The molecule has 0 bridgehead atoms. The fourth-order valence-corrected chi connectivity index (χ4v) is 1.51. The van der Waals surface area contributed by atoms with Gasteiger partial charge in [0.15, 0.2) is 0 Å². The van der Waals surface area contributed by atoms with Crippen LogP contribution in [0.3, 0.4) is 0 Å². The number of rotatable bonds is 0. The summed E-state index contributed by atoms with van der Waals surface area (Å²) in [4.78, 5) is 2.86. The highest BCUT2D eigenvalue weighted by atomic mass is 35.5. The molecule has 1 aromatic carbocycles. The van der Waals surface area contributed by atoms with Gasteiger partial charge in [-0.15, -0.1) is 0 Å². The summed E-state index contributed by atoms with van der Waals surface area (Å²) < 4.78 is 0. The number of aromatic amines is 1. The van der Waals surface area contributed by atoms with Gasteiger partial charge in [0.25, 0.3) is 0 Å². The predicted octanol–water partition coefficient (Wildman–Crippen LogP) is 2.28. The van der Waals surface area contributed by atoms with Gasteiger partial charge in [0.05, 0.1) is 16.2 Å². The zero-order valence-corrected chi connectivity index (χ0v) is 7.39. The smallest absolute Gasteiger partial charge is 0.142 e. The van der Waals surface area contributed by atoms with Crippen molar-refractivity contribution in [3.63, 3.8) is 0 Å². The molecule has 0 saturated carbocycles. The maximum absolute atomic E-state index is 8.71. The molecule has 1 aromatic heterocycles. The molecule has 0 fully saturated rings. The van der Waals surface area contributed by atoms with E-state index in [0.717, 1.165) is 10.9 Å². The van der Waals surface area contributed by atoms with E-state index in [-0.39, 0.29) is 0 Å². The first-order chi connectivity index (χ1) is 6.24. The second-order valence-corrected chi connectivity index (χ2v) is 3.10. The van der Waals surface area contributed by atoms with Crippen molar-refractivity contribution in [2.24, 2.45) is 0 Å². The molecule has 0 aliphatic heterocycles. The van der Waals surface area contributed by atoms with Crippen LogP contribution in [0, 0.1) is 11.3 Å². The normalized spacial score (nSPS) is 10.2. The number of nitrogen functional groups attached to an aromatic ring is 1. The highest BCUT2D eigenvalue weighted by Gasteiger charge is 2.09. The molecule has 3 N–H and O–H groups in total. The molecule has 0 atom stereocenters. The van der Waals surface area contributed by atoms with E-state index in [1.807, 2.05) is 12.1 Å². The Labute approximate surface area is 79.7 Å². The largest absolute Gasteiger partial charge is 0.396 e. The van der Waals surface area contributed by atoms with Gasteiger partial charge in [-0.3, -0.25) is 0 Å². The monoisotopic (exact) mass is 191 g/mol. The van der Waals surface area contributed by atoms with E-state index in [1.54, 1.807) is 12.1 Å². The summed E-state index contributed by atoms with van der Waals surface area (Å²) in [6.45, 7) is 0. The number of aromatic nitrogens is 1. The van der Waals surface area contributed by atoms with Gasteiger partial charge in [-0.25, -0.2) is 0 Å². The van der Waals surface area contributed by atoms with Gasteiger partial charge in [-0.05, 0) is 6.07 Å². The summed E-state index contributed by atoms with van der Waals surface area (Å²) in [6, 6.07) is 7.35. The number of H-pyrrole nitrogens is 1. The van der Waals surface area contributed by atoms with Crippen LogP contribution in [0.5, 0.6) is 0 Å². The third kappa shape index (κ3) is 1.04. The fourth-order valence-electron chi connectivity index (χ4n) is 1.29. The molecule has 13 heavy (non-hydrogen) atoms. The number of halogens is 1. The minimum atomic E-state index is 0.364. The molecule has 4 heteroatoms. The Morgan fingerprint density at radius 2 is 2.23 bits per heavy atom. The van der Waals surface area contributed by atoms with Crippen molar-refractivity contribution in [2.75, 3.05) is 5.73 Å². The number of nitrogens with two attached hydrogens (primary N) is 1. The van der Waals surface area contributed by atoms with E-state index in [0.29, 0.717) is 16.4 Å². The summed E-state index contributed by atoms with van der Waals surface area (Å²) in [5.74, 6) is 0. The zero-order valence-electron chi connectivity index (χ0n) is 6.63. The van der Waals surface area contributed by atoms with Gasteiger partial charge < -0.3 is 10.7 Å². The van der Waals surface area contributed by atoms with Gasteiger partial charge in [0.2, 0.25) is 0 Å². The number of para-hydroxylation sites is 1. The summed E-state index contributed by atoms with van der Waals surface area (Å²) >= 11 is 5.90. The fraction of sp³-hybridized carbons (Fsp3) is 0. The molecule has 0 aliphatic rings. The first-order valence-corrected chi connectivity index (χ1v) is 4.07. The van der Waals surface area contributed by atoms with Crippen molar-refractivity contribution < 1.29 is 0 Å². The molecular formula is C9H6ClN3. The van der Waals surface area contributed by atoms with E-state index in [1.165, 1.54) is 0 Å². The molecule has 0 radical (unpaired) electrons. The van der Waals surface area contributed by atoms with Crippen LogP contribution in [0.25, 0.3) is 10.9 Å². The summed E-state index contributed by atoms with van der Waals surface area (Å²) in [5.41, 5.74) is 7.25. The van der Waals surface area contributed by atoms with Gasteiger partial charge in [-0.1, -0.05) is 23.7 Å². The average Bonchev–Trinajstić information content (AvgIpc) is 2.45. The molecule has 0 unspecified atom stereocenters. The van der Waals surface area contributed by atoms with E-state index in [2.05, 4.69) is 4.98 Å². The minimum Gasteiger partial charge on any atom is -0.396 e. The number of hydrogen-bond donors (Lipinski definition) is 2. The molecule has 2 aromatic rings. The van der Waals surface area contributed by atoms with E-state index >= 15 is 0 Å². The molecule has 3 nitrogen and oxygen atoms in total. The molecule has 0 aliphatic carbocycles. The maximum Gasteiger partial charge on any atom is 0.142 e. The second kappa shape index (κ2) is 2.68. The molecule has 64 valence electrons. The number of nitrogens with zero attached hydrogens (tertiary/aromatic N) is 1. The molecule has 0 saturated heterocycles. The Hall–Kier alpha value is -1.66. The lowest BCUT2D eigenvalue weighted by Gasteiger charge is -1.91. The lowest BCUT2D eigenvalue weighted by molar-refractivity contribution is 1.37. The van der Waals surface area contributed by atoms with Gasteiger partial charge in [0.1, 0.15) is 11.8 Å². The molecule has 2 rings (SSSR count). The third-order valence-corrected chi connectivity index (χ3v) is 2.25. The summed E-state index contributed by atoms with van der Waals surface area (Å²) in [5, 5.41) is 10.1. The van der Waals surface area contributed by atoms with Crippen molar-refractivity contribution in [1.82, 2.24) is 4.98 Å². The van der Waals surface area contributed by atoms with Crippen LogP contribution in [0.1, 0.15) is 5.69 Å². The number of anilines is 1. The summed E-state index contributed by atoms with van der Waals surface area (Å²) in [7, 11) is 0. The Balaban J connectivity index is 2.94. The first-order valence-electron chi connectivity index (χ1n) is 3.70. The molecule has 0 spiro atoms. The highest BCUT2D eigenvalue weighted by Crippen LogP contribution is 2.29. The number of nitrogens with one attached hydrogen (secondary N) is 1. The third-order valence-electron chi connectivity index (χ3n) is 1.93. The van der Waals surface area contributed by atoms with Gasteiger partial charge >= 0.3 is 0 Å². The Bertz CT molecular complexity index is 507. The quantitative estimate of drug-likeness (QED) is 0.671. The standard InChI is InChI=1S/C9H6ClN3/c10-6-3-1-2-5-8(12)7(4-11)13-9(5)6/h1-3,13H,12H2. The highest BCUT2D eigenvalue weighted by molar-refractivity contribution is 6.35. The van der Waals surface area contributed by atoms with Crippen LogP contribution in [0.4, 0.5) is 5.69 Å². The topological polar surface area (TPSA) is 65.6 Å². The second-order valence-electron chi connectivity index (χ2n) is 2.69. The lowest BCUT2D eigenvalue weighted by Crippen LogP contribution is -1.85. The number of hydrogen-bond acceptors (Lipinski definition) is 2. The molecular weight excluding hydrogens is 186 g/mol. The van der Waals surface area contributed by atoms with Crippen LogP contribution < -0.4 is 5.73 Å². The minimum absolute atomic E-state index is 0.364. The predicted molar refractivity (Wildman–Crippen MR) is 52.4 cm³/mol. The van der Waals surface area contributed by atoms with Crippen LogP contribution in [-0.2, 0) is 0 Å². The van der Waals surface area contributed by atoms with Crippen LogP contribution in [0.15, 0.2) is 18.2 Å². The van der Waals surface area contributed by atoms with Crippen LogP contribution in [0.2, 0.25) is 5.02 Å². The Morgan fingerprint density at radius 1 is 1.46 bits per heavy atom. The lowest BCUT2D eigenvalue weighted by atomic mass is 10.2. The maximum atomic E-state index is 8.71. The van der Waals surface area contributed by atoms with Crippen LogP contribution >= 0.6 is 11.6 Å². The van der Waals surface area contributed by atoms with Crippen molar-refractivity contribution in [1.29, 1.82) is 5.26 Å². The van der Waals surface area contributed by atoms with Crippen molar-refractivity contribution >= 4 is 28.2 Å². The van der Waals surface area contributed by atoms with E-state index < -0.39 is 0 Å². The summed E-state index contributed by atoms with van der Waals surface area (Å²) in [6.07, 6.45) is 0. The van der Waals surface area contributed by atoms with Gasteiger partial charge in [0, 0.05) is 5.39 Å². The Morgan fingerprint density at radius 3 is 2.85 bits per heavy atom.